The highest BCUT2D eigenvalue weighted by molar-refractivity contribution is 9.10. The van der Waals surface area contributed by atoms with Crippen molar-refractivity contribution < 1.29 is 8.42 Å². The zero-order chi connectivity index (χ0) is 14.0. The standard InChI is InChI=1S/C11H13BrN4O2S/c1-8-11(13)14-15-16(8)6-7-19(17,18)10-4-2-9(12)3-5-10/h2-5H,6-7,13H2,1H3. The molecule has 0 saturated heterocycles. The third-order valence-electron chi connectivity index (χ3n) is 2.76. The Morgan fingerprint density at radius 1 is 1.32 bits per heavy atom. The van der Waals surface area contributed by atoms with E-state index in [0.29, 0.717) is 16.4 Å². The number of hydrogen-bond acceptors (Lipinski definition) is 5. The molecule has 0 spiro atoms. The van der Waals surface area contributed by atoms with Gasteiger partial charge in [-0.2, -0.15) is 0 Å². The molecule has 0 fully saturated rings. The summed E-state index contributed by atoms with van der Waals surface area (Å²) in [4.78, 5) is 0.293. The number of nitrogen functional groups attached to an aromatic ring is 1. The molecule has 0 saturated carbocycles. The van der Waals surface area contributed by atoms with Gasteiger partial charge >= 0.3 is 0 Å². The number of benzene rings is 1. The topological polar surface area (TPSA) is 90.9 Å². The third-order valence-corrected chi connectivity index (χ3v) is 5.00. The monoisotopic (exact) mass is 344 g/mol. The first kappa shape index (κ1) is 14.0. The molecule has 1 aromatic heterocycles. The van der Waals surface area contributed by atoms with Crippen LogP contribution in [0.4, 0.5) is 5.82 Å². The van der Waals surface area contributed by atoms with Crippen molar-refractivity contribution in [2.45, 2.75) is 18.4 Å². The largest absolute Gasteiger partial charge is 0.381 e. The van der Waals surface area contributed by atoms with Crippen LogP contribution in [0, 0.1) is 6.92 Å². The summed E-state index contributed by atoms with van der Waals surface area (Å²) in [5.41, 5.74) is 6.23. The number of nitrogens with two attached hydrogens (primary N) is 1. The zero-order valence-electron chi connectivity index (χ0n) is 10.2. The van der Waals surface area contributed by atoms with Gasteiger partial charge in [-0.05, 0) is 31.2 Å². The van der Waals surface area contributed by atoms with E-state index in [0.717, 1.165) is 4.47 Å². The summed E-state index contributed by atoms with van der Waals surface area (Å²) in [5.74, 6) is 0.277. The maximum atomic E-state index is 12.1. The third kappa shape index (κ3) is 3.13. The first-order valence-corrected chi connectivity index (χ1v) is 7.98. The van der Waals surface area contributed by atoms with Crippen molar-refractivity contribution in [3.05, 3.63) is 34.4 Å². The number of sulfone groups is 1. The van der Waals surface area contributed by atoms with E-state index in [9.17, 15) is 8.42 Å². The van der Waals surface area contributed by atoms with Crippen LogP contribution in [-0.4, -0.2) is 29.2 Å². The molecule has 0 radical (unpaired) electrons. The minimum Gasteiger partial charge on any atom is -0.381 e. The van der Waals surface area contributed by atoms with Gasteiger partial charge in [0.15, 0.2) is 15.7 Å². The fourth-order valence-electron chi connectivity index (χ4n) is 1.55. The van der Waals surface area contributed by atoms with Crippen molar-refractivity contribution in [1.82, 2.24) is 15.0 Å². The van der Waals surface area contributed by atoms with Gasteiger partial charge in [-0.25, -0.2) is 13.1 Å². The van der Waals surface area contributed by atoms with Gasteiger partial charge in [-0.15, -0.1) is 5.10 Å². The van der Waals surface area contributed by atoms with Crippen LogP contribution in [0.2, 0.25) is 0 Å². The van der Waals surface area contributed by atoms with Gasteiger partial charge in [-0.3, -0.25) is 0 Å². The van der Waals surface area contributed by atoms with Crippen molar-refractivity contribution in [2.24, 2.45) is 0 Å². The van der Waals surface area contributed by atoms with E-state index in [2.05, 4.69) is 26.2 Å². The molecule has 1 heterocycles. The van der Waals surface area contributed by atoms with Gasteiger partial charge in [0.25, 0.3) is 0 Å². The number of rotatable bonds is 4. The molecule has 0 aliphatic carbocycles. The Morgan fingerprint density at radius 2 is 1.95 bits per heavy atom. The molecule has 0 bridgehead atoms. The van der Waals surface area contributed by atoms with Crippen molar-refractivity contribution in [3.8, 4) is 0 Å². The lowest BCUT2D eigenvalue weighted by Gasteiger charge is -2.05. The van der Waals surface area contributed by atoms with E-state index in [-0.39, 0.29) is 12.3 Å². The van der Waals surface area contributed by atoms with E-state index >= 15 is 0 Å². The van der Waals surface area contributed by atoms with Gasteiger partial charge in [0.1, 0.15) is 0 Å². The fraction of sp³-hybridized carbons (Fsp3) is 0.273. The van der Waals surface area contributed by atoms with Gasteiger partial charge in [-0.1, -0.05) is 21.1 Å². The molecule has 0 atom stereocenters. The fourth-order valence-corrected chi connectivity index (χ4v) is 3.02. The lowest BCUT2D eigenvalue weighted by molar-refractivity contribution is 0.570. The maximum absolute atomic E-state index is 12.1. The SMILES string of the molecule is Cc1c(N)nnn1CCS(=O)(=O)c1ccc(Br)cc1. The molecule has 1 aromatic carbocycles. The van der Waals surface area contributed by atoms with Crippen molar-refractivity contribution in [1.29, 1.82) is 0 Å². The molecule has 8 heteroatoms. The van der Waals surface area contributed by atoms with E-state index < -0.39 is 9.84 Å². The van der Waals surface area contributed by atoms with Crippen LogP contribution in [0.1, 0.15) is 5.69 Å². The molecule has 6 nitrogen and oxygen atoms in total. The Morgan fingerprint density at radius 3 is 2.47 bits per heavy atom. The van der Waals surface area contributed by atoms with Crippen LogP contribution in [0.5, 0.6) is 0 Å². The highest BCUT2D eigenvalue weighted by Gasteiger charge is 2.15. The van der Waals surface area contributed by atoms with E-state index in [1.54, 1.807) is 31.2 Å². The predicted octanol–water partition coefficient (Wildman–Crippen LogP) is 1.41. The van der Waals surface area contributed by atoms with Gasteiger partial charge in [0.2, 0.25) is 0 Å². The summed E-state index contributed by atoms with van der Waals surface area (Å²) in [6.45, 7) is 1.98. The zero-order valence-corrected chi connectivity index (χ0v) is 12.6. The van der Waals surface area contributed by atoms with E-state index in [1.165, 1.54) is 4.68 Å². The minimum atomic E-state index is -3.33. The van der Waals surface area contributed by atoms with Crippen LogP contribution >= 0.6 is 15.9 Å². The number of halogens is 1. The first-order chi connectivity index (χ1) is 8.90. The average Bonchev–Trinajstić information content (AvgIpc) is 2.68. The summed E-state index contributed by atoms with van der Waals surface area (Å²) < 4.78 is 26.6. The Balaban J connectivity index is 2.14. The Bertz CT molecular complexity index is 679. The second-order valence-electron chi connectivity index (χ2n) is 4.06. The van der Waals surface area contributed by atoms with Gasteiger partial charge < -0.3 is 5.73 Å². The predicted molar refractivity (Wildman–Crippen MR) is 75.4 cm³/mol. The molecular formula is C11H13BrN4O2S. The van der Waals surface area contributed by atoms with Crippen LogP contribution < -0.4 is 5.73 Å². The second-order valence-corrected chi connectivity index (χ2v) is 7.08. The molecule has 2 aromatic rings. The molecule has 0 aliphatic rings. The molecular weight excluding hydrogens is 332 g/mol. The summed E-state index contributed by atoms with van der Waals surface area (Å²) in [6.07, 6.45) is 0. The van der Waals surface area contributed by atoms with Crippen LogP contribution in [0.3, 0.4) is 0 Å². The van der Waals surface area contributed by atoms with Crippen molar-refractivity contribution in [3.63, 3.8) is 0 Å². The second kappa shape index (κ2) is 5.30. The maximum Gasteiger partial charge on any atom is 0.180 e. The Kier molecular flexibility index (Phi) is 3.91. The smallest absolute Gasteiger partial charge is 0.180 e. The first-order valence-electron chi connectivity index (χ1n) is 5.54. The molecule has 19 heavy (non-hydrogen) atoms. The van der Waals surface area contributed by atoms with E-state index in [1.807, 2.05) is 0 Å². The number of nitrogens with zero attached hydrogens (tertiary/aromatic N) is 3. The van der Waals surface area contributed by atoms with Crippen molar-refractivity contribution in [2.75, 3.05) is 11.5 Å². The lowest BCUT2D eigenvalue weighted by atomic mass is 10.4. The number of aryl methyl sites for hydroxylation is 1. The number of hydrogen-bond donors (Lipinski definition) is 1. The summed E-state index contributed by atoms with van der Waals surface area (Å²) in [5, 5.41) is 7.49. The molecule has 0 amide bonds. The normalized spacial score (nSPS) is 11.7. The molecule has 0 unspecified atom stereocenters. The summed E-state index contributed by atoms with van der Waals surface area (Å²) in [6, 6.07) is 6.54. The molecule has 0 aliphatic heterocycles. The highest BCUT2D eigenvalue weighted by atomic mass is 79.9. The average molecular weight is 345 g/mol. The van der Waals surface area contributed by atoms with Crippen LogP contribution in [0.15, 0.2) is 33.6 Å². The molecule has 2 rings (SSSR count). The minimum absolute atomic E-state index is 0.0434. The Hall–Kier alpha value is -1.41. The number of aromatic nitrogens is 3. The molecule has 102 valence electrons. The summed E-state index contributed by atoms with van der Waals surface area (Å²) >= 11 is 3.27. The summed E-state index contributed by atoms with van der Waals surface area (Å²) in [7, 11) is -3.33. The molecule has 2 N–H and O–H groups in total. The van der Waals surface area contributed by atoms with Crippen LogP contribution in [0.25, 0.3) is 0 Å². The highest BCUT2D eigenvalue weighted by Crippen LogP contribution is 2.16. The van der Waals surface area contributed by atoms with Gasteiger partial charge in [0, 0.05) is 4.47 Å². The Labute approximate surface area is 119 Å². The van der Waals surface area contributed by atoms with Crippen LogP contribution in [-0.2, 0) is 16.4 Å². The van der Waals surface area contributed by atoms with Crippen molar-refractivity contribution >= 4 is 31.6 Å². The van der Waals surface area contributed by atoms with E-state index in [4.69, 9.17) is 5.73 Å². The lowest BCUT2D eigenvalue weighted by Crippen LogP contribution is -2.15. The quantitative estimate of drug-likeness (QED) is 0.905. The number of anilines is 1. The van der Waals surface area contributed by atoms with Gasteiger partial charge in [0.05, 0.1) is 22.9 Å².